The number of hydrogen-bond donors (Lipinski definition) is 1. The molecule has 4 rings (SSSR count). The van der Waals surface area contributed by atoms with E-state index in [1.54, 1.807) is 36.2 Å². The third-order valence-electron chi connectivity index (χ3n) is 4.94. The Balaban J connectivity index is 1.56. The molecule has 4 aromatic rings. The lowest BCUT2D eigenvalue weighted by Gasteiger charge is -2.08. The van der Waals surface area contributed by atoms with E-state index in [4.69, 9.17) is 32.7 Å². The van der Waals surface area contributed by atoms with Crippen LogP contribution in [0.2, 0.25) is 10.0 Å². The maximum absolute atomic E-state index is 12.6. The van der Waals surface area contributed by atoms with Crippen LogP contribution in [-0.2, 0) is 4.79 Å². The van der Waals surface area contributed by atoms with Crippen LogP contribution in [-0.4, -0.2) is 35.1 Å². The van der Waals surface area contributed by atoms with Crippen molar-refractivity contribution in [1.82, 2.24) is 15.0 Å². The Morgan fingerprint density at radius 3 is 2.36 bits per heavy atom. The highest BCUT2D eigenvalue weighted by molar-refractivity contribution is 6.36. The van der Waals surface area contributed by atoms with Gasteiger partial charge in [0.15, 0.2) is 0 Å². The van der Waals surface area contributed by atoms with Gasteiger partial charge in [0, 0.05) is 22.3 Å². The van der Waals surface area contributed by atoms with E-state index in [2.05, 4.69) is 15.5 Å². The number of methoxy groups -OCH3 is 2. The van der Waals surface area contributed by atoms with Crippen molar-refractivity contribution in [3.8, 4) is 17.2 Å². The second-order valence-corrected chi connectivity index (χ2v) is 8.02. The molecule has 0 aliphatic carbocycles. The van der Waals surface area contributed by atoms with E-state index < -0.39 is 0 Å². The van der Waals surface area contributed by atoms with Crippen LogP contribution in [0.15, 0.2) is 54.6 Å². The number of rotatable bonds is 6. The van der Waals surface area contributed by atoms with Gasteiger partial charge in [-0.2, -0.15) is 4.80 Å². The molecule has 1 amide bonds. The molecule has 9 heteroatoms. The lowest BCUT2D eigenvalue weighted by atomic mass is 10.1. The zero-order valence-electron chi connectivity index (χ0n) is 18.1. The maximum Gasteiger partial charge on any atom is 0.248 e. The van der Waals surface area contributed by atoms with Gasteiger partial charge in [0.2, 0.25) is 5.91 Å². The first kappa shape index (κ1) is 22.6. The van der Waals surface area contributed by atoms with Crippen LogP contribution in [0.3, 0.4) is 0 Å². The SMILES string of the molecule is COc1ccc(-n2nc3cc(C)c(NC(=O)C=Cc4cc(Cl)cc(Cl)c4OC)cc3n2)cc1. The average molecular weight is 483 g/mol. The van der Waals surface area contributed by atoms with Crippen molar-refractivity contribution in [3.05, 3.63) is 75.8 Å². The number of aromatic nitrogens is 3. The Kier molecular flexibility index (Phi) is 6.53. The van der Waals surface area contributed by atoms with Crippen LogP contribution in [0.25, 0.3) is 22.8 Å². The van der Waals surface area contributed by atoms with Gasteiger partial charge < -0.3 is 14.8 Å². The number of hydrogen-bond acceptors (Lipinski definition) is 5. The molecule has 0 radical (unpaired) electrons. The number of halogens is 2. The van der Waals surface area contributed by atoms with E-state index >= 15 is 0 Å². The first-order valence-electron chi connectivity index (χ1n) is 9.92. The van der Waals surface area contributed by atoms with E-state index in [1.807, 2.05) is 37.3 Å². The minimum atomic E-state index is -0.321. The Morgan fingerprint density at radius 1 is 1.00 bits per heavy atom. The second kappa shape index (κ2) is 9.52. The first-order valence-corrected chi connectivity index (χ1v) is 10.7. The van der Waals surface area contributed by atoms with Gasteiger partial charge in [-0.1, -0.05) is 23.2 Å². The van der Waals surface area contributed by atoms with Crippen molar-refractivity contribution in [2.75, 3.05) is 19.5 Å². The van der Waals surface area contributed by atoms with Crippen molar-refractivity contribution in [1.29, 1.82) is 0 Å². The zero-order chi connectivity index (χ0) is 23.5. The molecule has 0 bridgehead atoms. The van der Waals surface area contributed by atoms with Gasteiger partial charge in [-0.15, -0.1) is 10.2 Å². The molecule has 0 spiro atoms. The van der Waals surface area contributed by atoms with E-state index in [1.165, 1.54) is 13.2 Å². The number of fused-ring (bicyclic) bond motifs is 1. The Bertz CT molecular complexity index is 1360. The van der Waals surface area contributed by atoms with Crippen LogP contribution < -0.4 is 14.8 Å². The van der Waals surface area contributed by atoms with E-state index in [0.717, 1.165) is 22.5 Å². The smallest absolute Gasteiger partial charge is 0.248 e. The monoisotopic (exact) mass is 482 g/mol. The molecular formula is C24H20Cl2N4O3. The van der Waals surface area contributed by atoms with Gasteiger partial charge in [0.05, 0.1) is 24.9 Å². The second-order valence-electron chi connectivity index (χ2n) is 7.18. The number of carbonyl (C=O) groups excluding carboxylic acids is 1. The summed E-state index contributed by atoms with van der Waals surface area (Å²) in [5.74, 6) is 0.873. The largest absolute Gasteiger partial charge is 0.497 e. The number of aryl methyl sites for hydroxylation is 1. The Morgan fingerprint density at radius 2 is 1.70 bits per heavy atom. The van der Waals surface area contributed by atoms with Gasteiger partial charge >= 0.3 is 0 Å². The molecule has 0 fully saturated rings. The predicted molar refractivity (Wildman–Crippen MR) is 131 cm³/mol. The molecule has 0 aliphatic rings. The average Bonchev–Trinajstić information content (AvgIpc) is 3.20. The van der Waals surface area contributed by atoms with Crippen molar-refractivity contribution >= 4 is 51.9 Å². The van der Waals surface area contributed by atoms with Crippen LogP contribution in [0.5, 0.6) is 11.5 Å². The topological polar surface area (TPSA) is 78.3 Å². The highest BCUT2D eigenvalue weighted by atomic mass is 35.5. The highest BCUT2D eigenvalue weighted by Crippen LogP contribution is 2.33. The van der Waals surface area contributed by atoms with Gasteiger partial charge in [-0.05, 0) is 67.1 Å². The Labute approximate surface area is 200 Å². The fourth-order valence-corrected chi connectivity index (χ4v) is 3.88. The first-order chi connectivity index (χ1) is 15.9. The van der Waals surface area contributed by atoms with Gasteiger partial charge in [0.1, 0.15) is 22.5 Å². The van der Waals surface area contributed by atoms with E-state index in [-0.39, 0.29) is 5.91 Å². The highest BCUT2D eigenvalue weighted by Gasteiger charge is 2.11. The Hall–Kier alpha value is -3.55. The molecule has 1 heterocycles. The quantitative estimate of drug-likeness (QED) is 0.356. The number of carbonyl (C=O) groups is 1. The summed E-state index contributed by atoms with van der Waals surface area (Å²) in [5, 5.41) is 12.8. The van der Waals surface area contributed by atoms with Crippen molar-refractivity contribution < 1.29 is 14.3 Å². The molecule has 1 N–H and O–H groups in total. The zero-order valence-corrected chi connectivity index (χ0v) is 19.6. The summed E-state index contributed by atoms with van der Waals surface area (Å²) < 4.78 is 10.5. The predicted octanol–water partition coefficient (Wildman–Crippen LogP) is 5.70. The standard InChI is InChI=1S/C24H20Cl2N4O3/c1-14-10-21-22(29-30(28-21)17-5-7-18(32-2)8-6-17)13-20(14)27-23(31)9-4-15-11-16(25)12-19(26)24(15)33-3/h4-13H,1-3H3,(H,27,31). The summed E-state index contributed by atoms with van der Waals surface area (Å²) >= 11 is 12.2. The van der Waals surface area contributed by atoms with Gasteiger partial charge in [-0.3, -0.25) is 4.79 Å². The number of nitrogens with zero attached hydrogens (tertiary/aromatic N) is 3. The van der Waals surface area contributed by atoms with E-state index in [0.29, 0.717) is 32.6 Å². The molecule has 0 saturated carbocycles. The number of ether oxygens (including phenoxy) is 2. The summed E-state index contributed by atoms with van der Waals surface area (Å²) in [6.07, 6.45) is 2.99. The fourth-order valence-electron chi connectivity index (χ4n) is 3.29. The number of anilines is 1. The summed E-state index contributed by atoms with van der Waals surface area (Å²) in [5.41, 5.74) is 4.26. The van der Waals surface area contributed by atoms with Gasteiger partial charge in [-0.25, -0.2) is 0 Å². The molecule has 0 saturated heterocycles. The third-order valence-corrected chi connectivity index (χ3v) is 5.44. The summed E-state index contributed by atoms with van der Waals surface area (Å²) in [4.78, 5) is 14.1. The van der Waals surface area contributed by atoms with Crippen LogP contribution in [0.4, 0.5) is 5.69 Å². The van der Waals surface area contributed by atoms with Crippen molar-refractivity contribution in [3.63, 3.8) is 0 Å². The summed E-state index contributed by atoms with van der Waals surface area (Å²) in [6, 6.07) is 14.3. The lowest BCUT2D eigenvalue weighted by molar-refractivity contribution is -0.111. The molecule has 3 aromatic carbocycles. The van der Waals surface area contributed by atoms with Crippen LogP contribution in [0.1, 0.15) is 11.1 Å². The molecule has 0 aliphatic heterocycles. The summed E-state index contributed by atoms with van der Waals surface area (Å²) in [6.45, 7) is 1.89. The number of amides is 1. The normalized spacial score (nSPS) is 11.2. The minimum absolute atomic E-state index is 0.321. The van der Waals surface area contributed by atoms with Crippen LogP contribution >= 0.6 is 23.2 Å². The van der Waals surface area contributed by atoms with Gasteiger partial charge in [0.25, 0.3) is 0 Å². The molecule has 33 heavy (non-hydrogen) atoms. The minimum Gasteiger partial charge on any atom is -0.497 e. The molecule has 0 atom stereocenters. The summed E-state index contributed by atoms with van der Waals surface area (Å²) in [7, 11) is 3.12. The third kappa shape index (κ3) is 4.94. The molecule has 1 aromatic heterocycles. The van der Waals surface area contributed by atoms with E-state index in [9.17, 15) is 4.79 Å². The number of nitrogens with one attached hydrogen (secondary N) is 1. The number of benzene rings is 3. The van der Waals surface area contributed by atoms with Crippen molar-refractivity contribution in [2.45, 2.75) is 6.92 Å². The maximum atomic E-state index is 12.6. The van der Waals surface area contributed by atoms with Crippen molar-refractivity contribution in [2.24, 2.45) is 0 Å². The fraction of sp³-hybridized carbons (Fsp3) is 0.125. The lowest BCUT2D eigenvalue weighted by Crippen LogP contribution is -2.09. The molecular weight excluding hydrogens is 463 g/mol. The molecule has 168 valence electrons. The molecule has 0 unspecified atom stereocenters. The molecule has 7 nitrogen and oxygen atoms in total. The van der Waals surface area contributed by atoms with Crippen LogP contribution in [0, 0.1) is 6.92 Å².